The van der Waals surface area contributed by atoms with Gasteiger partial charge in [0, 0.05) is 13.0 Å². The molecule has 0 amide bonds. The van der Waals surface area contributed by atoms with Gasteiger partial charge < -0.3 is 26.6 Å². The largest absolute Gasteiger partial charge is 1.00 e. The average Bonchev–Trinajstić information content (AvgIpc) is 2.42. The molecule has 0 bridgehead atoms. The molecule has 0 rings (SSSR count). The van der Waals surface area contributed by atoms with E-state index in [2.05, 4.69) is 21.0 Å². The summed E-state index contributed by atoms with van der Waals surface area (Å²) >= 11 is 0. The number of hydrogen-bond acceptors (Lipinski definition) is 1. The summed E-state index contributed by atoms with van der Waals surface area (Å²) in [6.07, 6.45) is 16.5. The fraction of sp³-hybridized carbons (Fsp3) is 1.00. The molecule has 1 N–H and O–H groups in total. The zero-order chi connectivity index (χ0) is 15.1. The summed E-state index contributed by atoms with van der Waals surface area (Å²) in [7, 11) is 4.57. The molecule has 0 unspecified atom stereocenters. The molecule has 0 saturated carbocycles. The predicted octanol–water partition coefficient (Wildman–Crippen LogP) is 1.76. The molecular formula is C18H40BrNO. The summed E-state index contributed by atoms with van der Waals surface area (Å²) in [5.41, 5.74) is 0. The molecule has 0 aromatic heterocycles. The molecule has 0 spiro atoms. The van der Waals surface area contributed by atoms with E-state index < -0.39 is 0 Å². The van der Waals surface area contributed by atoms with E-state index >= 15 is 0 Å². The van der Waals surface area contributed by atoms with E-state index in [1.807, 2.05) is 0 Å². The molecular weight excluding hydrogens is 326 g/mol. The van der Waals surface area contributed by atoms with Gasteiger partial charge in [0.1, 0.15) is 0 Å². The highest BCUT2D eigenvalue weighted by molar-refractivity contribution is 4.48. The van der Waals surface area contributed by atoms with Crippen molar-refractivity contribution in [2.75, 3.05) is 33.8 Å². The highest BCUT2D eigenvalue weighted by Gasteiger charge is 2.12. The Balaban J connectivity index is 0. The van der Waals surface area contributed by atoms with Crippen molar-refractivity contribution in [2.24, 2.45) is 0 Å². The number of nitrogens with zero attached hydrogens (tertiary/aromatic N) is 1. The summed E-state index contributed by atoms with van der Waals surface area (Å²) in [5.74, 6) is 0. The minimum atomic E-state index is 0. The Kier molecular flexibility index (Phi) is 18.9. The van der Waals surface area contributed by atoms with Crippen LogP contribution in [0.3, 0.4) is 0 Å². The molecule has 130 valence electrons. The predicted molar refractivity (Wildman–Crippen MR) is 90.0 cm³/mol. The number of aliphatic hydroxyl groups is 1. The zero-order valence-corrected chi connectivity index (χ0v) is 16.5. The van der Waals surface area contributed by atoms with Gasteiger partial charge in [-0.3, -0.25) is 0 Å². The van der Waals surface area contributed by atoms with Crippen LogP contribution in [-0.2, 0) is 0 Å². The molecule has 0 atom stereocenters. The van der Waals surface area contributed by atoms with Crippen LogP contribution < -0.4 is 17.0 Å². The molecule has 0 aliphatic heterocycles. The quantitative estimate of drug-likeness (QED) is 0.346. The van der Waals surface area contributed by atoms with Crippen LogP contribution in [0.2, 0.25) is 0 Å². The summed E-state index contributed by atoms with van der Waals surface area (Å²) < 4.78 is 1.07. The fourth-order valence-electron chi connectivity index (χ4n) is 2.81. The van der Waals surface area contributed by atoms with Crippen LogP contribution >= 0.6 is 0 Å². The Morgan fingerprint density at radius 2 is 1.00 bits per heavy atom. The Bertz CT molecular complexity index is 198. The third kappa shape index (κ3) is 18.4. The third-order valence-corrected chi connectivity index (χ3v) is 4.29. The van der Waals surface area contributed by atoms with Gasteiger partial charge in [-0.25, -0.2) is 0 Å². The van der Waals surface area contributed by atoms with Gasteiger partial charge in [-0.05, 0) is 12.8 Å². The topological polar surface area (TPSA) is 20.2 Å². The van der Waals surface area contributed by atoms with Gasteiger partial charge in [-0.1, -0.05) is 64.7 Å². The van der Waals surface area contributed by atoms with Gasteiger partial charge in [0.25, 0.3) is 0 Å². The van der Waals surface area contributed by atoms with E-state index in [0.29, 0.717) is 6.61 Å². The van der Waals surface area contributed by atoms with E-state index in [4.69, 9.17) is 5.11 Å². The molecule has 0 fully saturated rings. The average molecular weight is 366 g/mol. The molecule has 3 heteroatoms. The lowest BCUT2D eigenvalue weighted by Crippen LogP contribution is -3.00. The maximum Gasteiger partial charge on any atom is 0.0804 e. The minimum Gasteiger partial charge on any atom is -1.00 e. The van der Waals surface area contributed by atoms with Crippen LogP contribution in [0.1, 0.15) is 84.0 Å². The Morgan fingerprint density at radius 1 is 0.619 bits per heavy atom. The standard InChI is InChI=1S/C18H40NO.BrH/c1-4-5-6-7-8-9-10-11-12-13-14-16-19(2,3)17-15-18-20;/h20H,4-18H2,1-3H3;1H/q+1;/p-1. The summed E-state index contributed by atoms with van der Waals surface area (Å²) in [6, 6.07) is 0. The van der Waals surface area contributed by atoms with E-state index in [9.17, 15) is 0 Å². The Hall–Kier alpha value is 0.400. The molecule has 0 aromatic rings. The number of rotatable bonds is 15. The van der Waals surface area contributed by atoms with Crippen molar-refractivity contribution in [1.29, 1.82) is 0 Å². The van der Waals surface area contributed by atoms with E-state index in [1.54, 1.807) is 0 Å². The number of hydrogen-bond donors (Lipinski definition) is 1. The van der Waals surface area contributed by atoms with Gasteiger partial charge in [0.05, 0.1) is 27.2 Å². The smallest absolute Gasteiger partial charge is 0.0804 e. The second-order valence-corrected chi connectivity index (χ2v) is 7.00. The number of quaternary nitrogens is 1. The van der Waals surface area contributed by atoms with Crippen LogP contribution in [-0.4, -0.2) is 43.4 Å². The molecule has 0 aliphatic carbocycles. The van der Waals surface area contributed by atoms with Crippen LogP contribution in [0.15, 0.2) is 0 Å². The SMILES string of the molecule is CCCCCCCCCCCCC[N+](C)(C)CCCO.[Br-]. The zero-order valence-electron chi connectivity index (χ0n) is 14.9. The third-order valence-electron chi connectivity index (χ3n) is 4.29. The summed E-state index contributed by atoms with van der Waals surface area (Å²) in [5, 5.41) is 8.88. The van der Waals surface area contributed by atoms with Crippen molar-refractivity contribution in [3.05, 3.63) is 0 Å². The number of halogens is 1. The van der Waals surface area contributed by atoms with Crippen molar-refractivity contribution in [3.63, 3.8) is 0 Å². The molecule has 0 aliphatic rings. The first-order valence-corrected chi connectivity index (χ1v) is 9.05. The maximum absolute atomic E-state index is 8.88. The minimum absolute atomic E-state index is 0. The Labute approximate surface area is 144 Å². The lowest BCUT2D eigenvalue weighted by atomic mass is 10.1. The van der Waals surface area contributed by atoms with Crippen LogP contribution in [0.25, 0.3) is 0 Å². The van der Waals surface area contributed by atoms with Crippen LogP contribution in [0.4, 0.5) is 0 Å². The lowest BCUT2D eigenvalue weighted by Gasteiger charge is -2.29. The first-order valence-electron chi connectivity index (χ1n) is 9.05. The van der Waals surface area contributed by atoms with E-state index in [0.717, 1.165) is 17.4 Å². The maximum atomic E-state index is 8.88. The van der Waals surface area contributed by atoms with Crippen LogP contribution in [0.5, 0.6) is 0 Å². The van der Waals surface area contributed by atoms with Crippen molar-refractivity contribution in [3.8, 4) is 0 Å². The van der Waals surface area contributed by atoms with Crippen molar-refractivity contribution < 1.29 is 26.6 Å². The molecule has 0 saturated heterocycles. The number of unbranched alkanes of at least 4 members (excludes halogenated alkanes) is 10. The second kappa shape index (κ2) is 16.8. The molecule has 2 nitrogen and oxygen atoms in total. The van der Waals surface area contributed by atoms with Gasteiger partial charge in [0.2, 0.25) is 0 Å². The second-order valence-electron chi connectivity index (χ2n) is 7.00. The van der Waals surface area contributed by atoms with Crippen molar-refractivity contribution >= 4 is 0 Å². The van der Waals surface area contributed by atoms with Gasteiger partial charge in [-0.2, -0.15) is 0 Å². The molecule has 0 radical (unpaired) electrons. The van der Waals surface area contributed by atoms with Crippen molar-refractivity contribution in [2.45, 2.75) is 84.0 Å². The summed E-state index contributed by atoms with van der Waals surface area (Å²) in [4.78, 5) is 0. The lowest BCUT2D eigenvalue weighted by molar-refractivity contribution is -0.890. The van der Waals surface area contributed by atoms with Crippen molar-refractivity contribution in [1.82, 2.24) is 0 Å². The number of aliphatic hydroxyl groups excluding tert-OH is 1. The normalized spacial score (nSPS) is 11.4. The summed E-state index contributed by atoms with van der Waals surface area (Å²) in [6.45, 7) is 4.98. The Morgan fingerprint density at radius 3 is 1.43 bits per heavy atom. The highest BCUT2D eigenvalue weighted by Crippen LogP contribution is 2.12. The van der Waals surface area contributed by atoms with Gasteiger partial charge in [0.15, 0.2) is 0 Å². The first kappa shape index (κ1) is 23.7. The molecule has 0 aromatic carbocycles. The van der Waals surface area contributed by atoms with Gasteiger partial charge in [-0.15, -0.1) is 0 Å². The van der Waals surface area contributed by atoms with Crippen LogP contribution in [0, 0.1) is 0 Å². The molecule has 0 heterocycles. The van der Waals surface area contributed by atoms with E-state index in [-0.39, 0.29) is 17.0 Å². The highest BCUT2D eigenvalue weighted by atomic mass is 79.9. The monoisotopic (exact) mass is 365 g/mol. The van der Waals surface area contributed by atoms with E-state index in [1.165, 1.54) is 77.2 Å². The fourth-order valence-corrected chi connectivity index (χ4v) is 2.81. The molecule has 21 heavy (non-hydrogen) atoms. The van der Waals surface area contributed by atoms with Gasteiger partial charge >= 0.3 is 0 Å². The first-order chi connectivity index (χ1) is 9.62.